The van der Waals surface area contributed by atoms with Gasteiger partial charge >= 0.3 is 0 Å². The quantitative estimate of drug-likeness (QED) is 0.666. The van der Waals surface area contributed by atoms with Crippen LogP contribution in [0.3, 0.4) is 0 Å². The normalized spacial score (nSPS) is 22.6. The maximum absolute atomic E-state index is 10.9. The predicted molar refractivity (Wildman–Crippen MR) is 76.0 cm³/mol. The molecule has 19 heavy (non-hydrogen) atoms. The van der Waals surface area contributed by atoms with Crippen LogP contribution in [0.25, 0.3) is 0 Å². The molecule has 6 heteroatoms. The monoisotopic (exact) mass is 328 g/mol. The lowest BCUT2D eigenvalue weighted by atomic mass is 10.0. The number of rotatable bonds is 5. The van der Waals surface area contributed by atoms with Gasteiger partial charge in [-0.15, -0.1) is 0 Å². The van der Waals surface area contributed by atoms with Crippen LogP contribution in [-0.4, -0.2) is 24.2 Å². The van der Waals surface area contributed by atoms with Gasteiger partial charge in [-0.05, 0) is 31.4 Å². The molecule has 1 heterocycles. The van der Waals surface area contributed by atoms with Gasteiger partial charge in [0.05, 0.1) is 11.0 Å². The molecule has 1 fully saturated rings. The van der Waals surface area contributed by atoms with Crippen LogP contribution in [-0.2, 0) is 11.3 Å². The lowest BCUT2D eigenvalue weighted by molar-refractivity contribution is -0.385. The Kier molecular flexibility index (Phi) is 4.90. The van der Waals surface area contributed by atoms with Crippen molar-refractivity contribution in [2.24, 2.45) is 5.92 Å². The molecule has 1 N–H and O–H groups in total. The molecule has 1 aliphatic heterocycles. The maximum Gasteiger partial charge on any atom is 0.273 e. The van der Waals surface area contributed by atoms with E-state index in [1.54, 1.807) is 12.1 Å². The molecular weight excluding hydrogens is 312 g/mol. The Morgan fingerprint density at radius 1 is 1.58 bits per heavy atom. The van der Waals surface area contributed by atoms with Crippen molar-refractivity contribution in [1.82, 2.24) is 5.32 Å². The summed E-state index contributed by atoms with van der Waals surface area (Å²) in [5.74, 6) is 0.492. The average molecular weight is 329 g/mol. The zero-order chi connectivity index (χ0) is 13.8. The van der Waals surface area contributed by atoms with E-state index in [0.717, 1.165) is 24.0 Å². The van der Waals surface area contributed by atoms with Gasteiger partial charge in [-0.25, -0.2) is 0 Å². The SMILES string of the molecule is CC1OCCC1CNCc1cc(Br)ccc1[N+](=O)[O-]. The van der Waals surface area contributed by atoms with Crippen LogP contribution >= 0.6 is 15.9 Å². The first-order valence-corrected chi connectivity index (χ1v) is 7.12. The van der Waals surface area contributed by atoms with E-state index in [-0.39, 0.29) is 16.7 Å². The van der Waals surface area contributed by atoms with Crippen molar-refractivity contribution < 1.29 is 9.66 Å². The predicted octanol–water partition coefficient (Wildman–Crippen LogP) is 2.87. The van der Waals surface area contributed by atoms with E-state index < -0.39 is 0 Å². The third kappa shape index (κ3) is 3.75. The van der Waals surface area contributed by atoms with Crippen molar-refractivity contribution in [3.05, 3.63) is 38.3 Å². The summed E-state index contributed by atoms with van der Waals surface area (Å²) >= 11 is 3.34. The van der Waals surface area contributed by atoms with E-state index in [1.165, 1.54) is 6.07 Å². The molecule has 104 valence electrons. The van der Waals surface area contributed by atoms with Crippen molar-refractivity contribution in [3.63, 3.8) is 0 Å². The summed E-state index contributed by atoms with van der Waals surface area (Å²) in [6.45, 7) is 4.20. The third-order valence-corrected chi connectivity index (χ3v) is 3.99. The highest BCUT2D eigenvalue weighted by Gasteiger charge is 2.23. The molecule has 0 aliphatic carbocycles. The minimum atomic E-state index is -0.343. The summed E-state index contributed by atoms with van der Waals surface area (Å²) in [7, 11) is 0. The van der Waals surface area contributed by atoms with Gasteiger partial charge in [0.25, 0.3) is 5.69 Å². The Morgan fingerprint density at radius 3 is 3.00 bits per heavy atom. The molecule has 2 atom stereocenters. The van der Waals surface area contributed by atoms with Gasteiger partial charge in [-0.2, -0.15) is 0 Å². The van der Waals surface area contributed by atoms with Gasteiger partial charge in [0.2, 0.25) is 0 Å². The van der Waals surface area contributed by atoms with Gasteiger partial charge in [0, 0.05) is 35.8 Å². The van der Waals surface area contributed by atoms with Gasteiger partial charge < -0.3 is 10.1 Å². The number of ether oxygens (including phenoxy) is 1. The van der Waals surface area contributed by atoms with Crippen LogP contribution in [0.1, 0.15) is 18.9 Å². The van der Waals surface area contributed by atoms with Crippen LogP contribution in [0.4, 0.5) is 5.69 Å². The molecule has 1 aromatic carbocycles. The molecule has 0 amide bonds. The minimum absolute atomic E-state index is 0.159. The highest BCUT2D eigenvalue weighted by atomic mass is 79.9. The van der Waals surface area contributed by atoms with Crippen LogP contribution in [0.5, 0.6) is 0 Å². The van der Waals surface area contributed by atoms with E-state index in [1.807, 2.05) is 0 Å². The standard InChI is InChI=1S/C13H17BrN2O3/c1-9-10(4-5-19-9)7-15-8-11-6-12(14)2-3-13(11)16(17)18/h2-3,6,9-10,15H,4-5,7-8H2,1H3. The molecule has 0 aromatic heterocycles. The molecule has 1 aliphatic rings. The molecule has 2 rings (SSSR count). The Morgan fingerprint density at radius 2 is 2.37 bits per heavy atom. The third-order valence-electron chi connectivity index (χ3n) is 3.49. The fraction of sp³-hybridized carbons (Fsp3) is 0.538. The summed E-state index contributed by atoms with van der Waals surface area (Å²) < 4.78 is 6.35. The zero-order valence-corrected chi connectivity index (χ0v) is 12.4. The summed E-state index contributed by atoms with van der Waals surface area (Å²) in [5, 5.41) is 14.2. The topological polar surface area (TPSA) is 64.4 Å². The second kappa shape index (κ2) is 6.45. The summed E-state index contributed by atoms with van der Waals surface area (Å²) in [6, 6.07) is 5.01. The fourth-order valence-corrected chi connectivity index (χ4v) is 2.72. The largest absolute Gasteiger partial charge is 0.378 e. The Bertz CT molecular complexity index is 467. The summed E-state index contributed by atoms with van der Waals surface area (Å²) in [4.78, 5) is 10.6. The number of nitrogens with zero attached hydrogens (tertiary/aromatic N) is 1. The van der Waals surface area contributed by atoms with Gasteiger partial charge in [0.1, 0.15) is 0 Å². The number of halogens is 1. The van der Waals surface area contributed by atoms with Gasteiger partial charge in [-0.1, -0.05) is 15.9 Å². The second-order valence-electron chi connectivity index (χ2n) is 4.79. The first kappa shape index (κ1) is 14.4. The number of nitro groups is 1. The fourth-order valence-electron chi connectivity index (χ4n) is 2.31. The smallest absolute Gasteiger partial charge is 0.273 e. The lowest BCUT2D eigenvalue weighted by Gasteiger charge is -2.14. The molecule has 0 bridgehead atoms. The number of hydrogen-bond acceptors (Lipinski definition) is 4. The Labute approximate surface area is 120 Å². The maximum atomic E-state index is 10.9. The Hall–Kier alpha value is -0.980. The molecule has 0 radical (unpaired) electrons. The van der Waals surface area contributed by atoms with Crippen LogP contribution in [0, 0.1) is 16.0 Å². The zero-order valence-electron chi connectivity index (χ0n) is 10.8. The number of hydrogen-bond donors (Lipinski definition) is 1. The van der Waals surface area contributed by atoms with Crippen LogP contribution < -0.4 is 5.32 Å². The van der Waals surface area contributed by atoms with Crippen molar-refractivity contribution in [2.45, 2.75) is 26.0 Å². The van der Waals surface area contributed by atoms with Crippen molar-refractivity contribution >= 4 is 21.6 Å². The van der Waals surface area contributed by atoms with Gasteiger partial charge in [0.15, 0.2) is 0 Å². The van der Waals surface area contributed by atoms with Crippen LogP contribution in [0.15, 0.2) is 22.7 Å². The van der Waals surface area contributed by atoms with E-state index in [2.05, 4.69) is 28.2 Å². The van der Waals surface area contributed by atoms with Gasteiger partial charge in [-0.3, -0.25) is 10.1 Å². The first-order valence-electron chi connectivity index (χ1n) is 6.33. The number of nitro benzene ring substituents is 1. The average Bonchev–Trinajstić information content (AvgIpc) is 2.75. The first-order chi connectivity index (χ1) is 9.08. The molecule has 2 unspecified atom stereocenters. The van der Waals surface area contributed by atoms with Crippen LogP contribution in [0.2, 0.25) is 0 Å². The van der Waals surface area contributed by atoms with E-state index in [4.69, 9.17) is 4.74 Å². The molecule has 5 nitrogen and oxygen atoms in total. The van der Waals surface area contributed by atoms with Crippen molar-refractivity contribution in [1.29, 1.82) is 0 Å². The van der Waals surface area contributed by atoms with E-state index in [9.17, 15) is 10.1 Å². The molecule has 0 saturated carbocycles. The molecule has 1 saturated heterocycles. The molecule has 0 spiro atoms. The minimum Gasteiger partial charge on any atom is -0.378 e. The van der Waals surface area contributed by atoms with E-state index in [0.29, 0.717) is 18.0 Å². The highest BCUT2D eigenvalue weighted by Crippen LogP contribution is 2.23. The van der Waals surface area contributed by atoms with Crippen molar-refractivity contribution in [3.8, 4) is 0 Å². The summed E-state index contributed by atoms with van der Waals surface area (Å²) in [5.41, 5.74) is 0.859. The van der Waals surface area contributed by atoms with Crippen molar-refractivity contribution in [2.75, 3.05) is 13.2 Å². The molecular formula is C13H17BrN2O3. The Balaban J connectivity index is 1.95. The number of nitrogens with one attached hydrogen (secondary N) is 1. The molecule has 1 aromatic rings. The number of benzene rings is 1. The van der Waals surface area contributed by atoms with E-state index >= 15 is 0 Å². The second-order valence-corrected chi connectivity index (χ2v) is 5.70. The lowest BCUT2D eigenvalue weighted by Crippen LogP contribution is -2.26. The highest BCUT2D eigenvalue weighted by molar-refractivity contribution is 9.10. The summed E-state index contributed by atoms with van der Waals surface area (Å²) in [6.07, 6.45) is 1.32.